The van der Waals surface area contributed by atoms with Gasteiger partial charge in [-0.3, -0.25) is 4.98 Å². The van der Waals surface area contributed by atoms with Crippen molar-refractivity contribution in [3.8, 4) is 11.3 Å². The van der Waals surface area contributed by atoms with Crippen LogP contribution in [-0.4, -0.2) is 4.98 Å². The predicted octanol–water partition coefficient (Wildman–Crippen LogP) is 11.3. The first-order valence-corrected chi connectivity index (χ1v) is 15.2. The van der Waals surface area contributed by atoms with Crippen molar-refractivity contribution in [2.45, 2.75) is 9.79 Å². The highest BCUT2D eigenvalue weighted by Gasteiger charge is 2.26. The SMILES string of the molecule is c1ccc(N(c2ccccc2)c2ccc3c(c2)Sc2ccccc2N3c2cccc(-c3nccc4ccccc34)c2)cc1. The Bertz CT molecular complexity index is 2030. The number of rotatable bonds is 5. The van der Waals surface area contributed by atoms with Gasteiger partial charge in [-0.15, -0.1) is 0 Å². The maximum atomic E-state index is 4.81. The van der Waals surface area contributed by atoms with Gasteiger partial charge in [-0.2, -0.15) is 0 Å². The van der Waals surface area contributed by atoms with Crippen LogP contribution in [0.4, 0.5) is 34.1 Å². The Morgan fingerprint density at radius 1 is 0.512 bits per heavy atom. The van der Waals surface area contributed by atoms with E-state index in [-0.39, 0.29) is 0 Å². The molecule has 43 heavy (non-hydrogen) atoms. The molecule has 0 aliphatic carbocycles. The maximum absolute atomic E-state index is 4.81. The number of para-hydroxylation sites is 3. The summed E-state index contributed by atoms with van der Waals surface area (Å²) in [5.74, 6) is 0. The number of nitrogens with zero attached hydrogens (tertiary/aromatic N) is 3. The maximum Gasteiger partial charge on any atom is 0.0781 e. The summed E-state index contributed by atoms with van der Waals surface area (Å²) in [6, 6.07) is 55.9. The first-order valence-electron chi connectivity index (χ1n) is 14.4. The molecule has 8 rings (SSSR count). The monoisotopic (exact) mass is 569 g/mol. The molecule has 0 bridgehead atoms. The fourth-order valence-corrected chi connectivity index (χ4v) is 7.00. The van der Waals surface area contributed by atoms with E-state index in [0.717, 1.165) is 45.1 Å². The number of hydrogen-bond donors (Lipinski definition) is 0. The van der Waals surface area contributed by atoms with Gasteiger partial charge in [0.1, 0.15) is 0 Å². The summed E-state index contributed by atoms with van der Waals surface area (Å²) in [6.07, 6.45) is 1.90. The molecular formula is C39H27N3S. The number of hydrogen-bond acceptors (Lipinski definition) is 4. The molecule has 0 N–H and O–H groups in total. The summed E-state index contributed by atoms with van der Waals surface area (Å²) in [4.78, 5) is 12.0. The van der Waals surface area contributed by atoms with Crippen LogP contribution in [0.25, 0.3) is 22.0 Å². The third-order valence-corrected chi connectivity index (χ3v) is 8.96. The fourth-order valence-electron chi connectivity index (χ4n) is 5.91. The van der Waals surface area contributed by atoms with Crippen LogP contribution < -0.4 is 9.80 Å². The Balaban J connectivity index is 1.27. The minimum atomic E-state index is 0.997. The van der Waals surface area contributed by atoms with Gasteiger partial charge < -0.3 is 9.80 Å². The van der Waals surface area contributed by atoms with Crippen LogP contribution in [0.2, 0.25) is 0 Å². The summed E-state index contributed by atoms with van der Waals surface area (Å²) in [6.45, 7) is 0. The van der Waals surface area contributed by atoms with Crippen molar-refractivity contribution in [3.05, 3.63) is 164 Å². The Labute approximate surface area is 255 Å². The van der Waals surface area contributed by atoms with E-state index in [1.807, 2.05) is 18.0 Å². The second kappa shape index (κ2) is 10.8. The van der Waals surface area contributed by atoms with Crippen LogP contribution in [0.3, 0.4) is 0 Å². The van der Waals surface area contributed by atoms with Gasteiger partial charge in [-0.1, -0.05) is 96.7 Å². The molecule has 0 atom stereocenters. The lowest BCUT2D eigenvalue weighted by molar-refractivity contribution is 1.16. The van der Waals surface area contributed by atoms with E-state index >= 15 is 0 Å². The molecule has 0 spiro atoms. The van der Waals surface area contributed by atoms with Crippen LogP contribution in [0.1, 0.15) is 0 Å². The van der Waals surface area contributed by atoms with E-state index in [9.17, 15) is 0 Å². The average Bonchev–Trinajstić information content (AvgIpc) is 3.08. The second-order valence-electron chi connectivity index (χ2n) is 10.5. The van der Waals surface area contributed by atoms with Crippen molar-refractivity contribution in [2.24, 2.45) is 0 Å². The lowest BCUT2D eigenvalue weighted by Crippen LogP contribution is -2.16. The number of aromatic nitrogens is 1. The molecule has 0 saturated heterocycles. The lowest BCUT2D eigenvalue weighted by Gasteiger charge is -2.34. The van der Waals surface area contributed by atoms with Crippen LogP contribution in [-0.2, 0) is 0 Å². The highest BCUT2D eigenvalue weighted by Crippen LogP contribution is 2.53. The summed E-state index contributed by atoms with van der Waals surface area (Å²) in [5.41, 5.74) is 8.92. The Kier molecular flexibility index (Phi) is 6.39. The number of anilines is 6. The minimum Gasteiger partial charge on any atom is -0.310 e. The normalized spacial score (nSPS) is 12.0. The average molecular weight is 570 g/mol. The van der Waals surface area contributed by atoms with Crippen molar-refractivity contribution in [3.63, 3.8) is 0 Å². The predicted molar refractivity (Wildman–Crippen MR) is 181 cm³/mol. The fraction of sp³-hybridized carbons (Fsp3) is 0. The molecule has 0 amide bonds. The lowest BCUT2D eigenvalue weighted by atomic mass is 10.0. The zero-order valence-corrected chi connectivity index (χ0v) is 24.2. The topological polar surface area (TPSA) is 19.4 Å². The van der Waals surface area contributed by atoms with Gasteiger partial charge in [-0.05, 0) is 78.2 Å². The van der Waals surface area contributed by atoms with Gasteiger partial charge in [0.15, 0.2) is 0 Å². The molecule has 0 unspecified atom stereocenters. The van der Waals surface area contributed by atoms with Crippen molar-refractivity contribution in [1.82, 2.24) is 4.98 Å². The molecule has 0 radical (unpaired) electrons. The highest BCUT2D eigenvalue weighted by molar-refractivity contribution is 7.99. The zero-order valence-electron chi connectivity index (χ0n) is 23.3. The van der Waals surface area contributed by atoms with Crippen LogP contribution >= 0.6 is 11.8 Å². The number of pyridine rings is 1. The molecule has 0 saturated carbocycles. The Morgan fingerprint density at radius 2 is 1.21 bits per heavy atom. The van der Waals surface area contributed by atoms with Crippen molar-refractivity contribution in [2.75, 3.05) is 9.80 Å². The largest absolute Gasteiger partial charge is 0.310 e. The summed E-state index contributed by atoms with van der Waals surface area (Å²) < 4.78 is 0. The van der Waals surface area contributed by atoms with E-state index in [0.29, 0.717) is 0 Å². The van der Waals surface area contributed by atoms with Crippen LogP contribution in [0.5, 0.6) is 0 Å². The first kappa shape index (κ1) is 25.4. The molecule has 6 aromatic carbocycles. The standard InChI is InChI=1S/C39H27N3S/c1-3-14-30(15-4-1)41(31-16-5-2-6-17-31)33-22-23-36-38(27-33)43-37-21-10-9-20-35(37)42(36)32-18-11-13-29(26-32)39-34-19-8-7-12-28(34)24-25-40-39/h1-27H. The van der Waals surface area contributed by atoms with E-state index in [4.69, 9.17) is 4.98 Å². The molecule has 1 aromatic heterocycles. The molecular weight excluding hydrogens is 543 g/mol. The second-order valence-corrected chi connectivity index (χ2v) is 11.6. The Hall–Kier alpha value is -5.32. The molecule has 7 aromatic rings. The molecule has 1 aliphatic rings. The zero-order chi connectivity index (χ0) is 28.6. The van der Waals surface area contributed by atoms with E-state index in [1.54, 1.807) is 0 Å². The van der Waals surface area contributed by atoms with Crippen LogP contribution in [0.15, 0.2) is 174 Å². The number of benzene rings is 6. The van der Waals surface area contributed by atoms with Gasteiger partial charge in [-0.25, -0.2) is 0 Å². The summed E-state index contributed by atoms with van der Waals surface area (Å²) in [5, 5.41) is 2.35. The van der Waals surface area contributed by atoms with Crippen LogP contribution in [0, 0.1) is 0 Å². The molecule has 2 heterocycles. The third kappa shape index (κ3) is 4.62. The first-order chi connectivity index (χ1) is 21.3. The van der Waals surface area contributed by atoms with Gasteiger partial charge in [0.05, 0.1) is 17.1 Å². The Morgan fingerprint density at radius 3 is 2.02 bits per heavy atom. The van der Waals surface area contributed by atoms with E-state index in [1.165, 1.54) is 20.9 Å². The van der Waals surface area contributed by atoms with Crippen molar-refractivity contribution in [1.29, 1.82) is 0 Å². The van der Waals surface area contributed by atoms with Crippen molar-refractivity contribution >= 4 is 56.7 Å². The molecule has 204 valence electrons. The third-order valence-electron chi connectivity index (χ3n) is 7.85. The van der Waals surface area contributed by atoms with Gasteiger partial charge >= 0.3 is 0 Å². The smallest absolute Gasteiger partial charge is 0.0781 e. The van der Waals surface area contributed by atoms with Gasteiger partial charge in [0.2, 0.25) is 0 Å². The molecule has 1 aliphatic heterocycles. The van der Waals surface area contributed by atoms with Gasteiger partial charge in [0.25, 0.3) is 0 Å². The number of fused-ring (bicyclic) bond motifs is 3. The highest BCUT2D eigenvalue weighted by atomic mass is 32.2. The molecule has 0 fully saturated rings. The van der Waals surface area contributed by atoms with E-state index in [2.05, 4.69) is 168 Å². The molecule has 3 nitrogen and oxygen atoms in total. The van der Waals surface area contributed by atoms with Gasteiger partial charge in [0, 0.05) is 49.7 Å². The summed E-state index contributed by atoms with van der Waals surface area (Å²) >= 11 is 1.82. The minimum absolute atomic E-state index is 0.997. The van der Waals surface area contributed by atoms with E-state index < -0.39 is 0 Å². The summed E-state index contributed by atoms with van der Waals surface area (Å²) in [7, 11) is 0. The van der Waals surface area contributed by atoms with Crippen molar-refractivity contribution < 1.29 is 0 Å². The molecule has 4 heteroatoms. The quantitative estimate of drug-likeness (QED) is 0.205.